The van der Waals surface area contributed by atoms with Gasteiger partial charge in [-0.1, -0.05) is 6.07 Å². The number of methoxy groups -OCH3 is 1. The van der Waals surface area contributed by atoms with E-state index < -0.39 is 0 Å². The van der Waals surface area contributed by atoms with Gasteiger partial charge in [-0.25, -0.2) is 0 Å². The highest BCUT2D eigenvalue weighted by Crippen LogP contribution is 2.14. The normalized spacial score (nSPS) is 10.6. The summed E-state index contributed by atoms with van der Waals surface area (Å²) in [4.78, 5) is 12.9. The monoisotopic (exact) mass is 244 g/mol. The number of hydrogen-bond donors (Lipinski definition) is 0. The van der Waals surface area contributed by atoms with Gasteiger partial charge in [0.05, 0.1) is 7.11 Å². The van der Waals surface area contributed by atoms with Gasteiger partial charge in [0.1, 0.15) is 5.75 Å². The van der Waals surface area contributed by atoms with E-state index in [1.54, 1.807) is 48.8 Å². The Hall–Kier alpha value is -1.87. The van der Waals surface area contributed by atoms with E-state index in [0.717, 1.165) is 10.6 Å². The minimum atomic E-state index is 0.000975. The lowest BCUT2D eigenvalue weighted by Crippen LogP contribution is -1.93. The lowest BCUT2D eigenvalue weighted by Gasteiger charge is -1.99. The van der Waals surface area contributed by atoms with Gasteiger partial charge < -0.3 is 4.74 Å². The molecule has 0 saturated heterocycles. The van der Waals surface area contributed by atoms with E-state index in [-0.39, 0.29) is 5.78 Å². The summed E-state index contributed by atoms with van der Waals surface area (Å²) >= 11 is 1.61. The zero-order valence-corrected chi connectivity index (χ0v) is 10.2. The second-order valence-corrected chi connectivity index (χ2v) is 4.42. The lowest BCUT2D eigenvalue weighted by atomic mass is 10.1. The van der Waals surface area contributed by atoms with Gasteiger partial charge in [-0.15, -0.1) is 11.3 Å². The Morgan fingerprint density at radius 1 is 1.24 bits per heavy atom. The maximum Gasteiger partial charge on any atom is 0.185 e. The van der Waals surface area contributed by atoms with Gasteiger partial charge in [0.15, 0.2) is 5.78 Å². The van der Waals surface area contributed by atoms with Crippen LogP contribution in [-0.2, 0) is 0 Å². The second-order valence-electron chi connectivity index (χ2n) is 3.44. The first-order chi connectivity index (χ1) is 8.29. The Morgan fingerprint density at radius 3 is 2.59 bits per heavy atom. The molecule has 0 radical (unpaired) electrons. The van der Waals surface area contributed by atoms with Gasteiger partial charge in [-0.05, 0) is 47.9 Å². The van der Waals surface area contributed by atoms with Crippen LogP contribution >= 0.6 is 11.3 Å². The molecule has 2 aromatic rings. The number of rotatable bonds is 4. The summed E-state index contributed by atoms with van der Waals surface area (Å²) in [5, 5.41) is 1.98. The molecule has 0 saturated carbocycles. The standard InChI is InChI=1S/C14H12O2S/c1-16-12-6-4-11(5-7-12)14(15)9-8-13-3-2-10-17-13/h2-10H,1H3/b9-8-. The number of ether oxygens (including phenoxy) is 1. The van der Waals surface area contributed by atoms with Crippen molar-refractivity contribution in [3.05, 3.63) is 58.3 Å². The molecule has 3 heteroatoms. The van der Waals surface area contributed by atoms with Crippen LogP contribution in [0.4, 0.5) is 0 Å². The first-order valence-corrected chi connectivity index (χ1v) is 6.07. The van der Waals surface area contributed by atoms with Crippen LogP contribution in [0.2, 0.25) is 0 Å². The molecule has 1 aromatic heterocycles. The Balaban J connectivity index is 2.09. The van der Waals surface area contributed by atoms with Crippen LogP contribution in [0, 0.1) is 0 Å². The van der Waals surface area contributed by atoms with Crippen LogP contribution in [0.3, 0.4) is 0 Å². The van der Waals surface area contributed by atoms with E-state index >= 15 is 0 Å². The predicted molar refractivity (Wildman–Crippen MR) is 70.7 cm³/mol. The molecular formula is C14H12O2S. The lowest BCUT2D eigenvalue weighted by molar-refractivity contribution is 0.104. The molecule has 0 aliphatic carbocycles. The van der Waals surface area contributed by atoms with Gasteiger partial charge in [-0.2, -0.15) is 0 Å². The van der Waals surface area contributed by atoms with E-state index in [0.29, 0.717) is 5.56 Å². The third-order valence-corrected chi connectivity index (χ3v) is 3.15. The maximum absolute atomic E-state index is 11.8. The molecule has 0 bridgehead atoms. The average molecular weight is 244 g/mol. The van der Waals surface area contributed by atoms with Crippen molar-refractivity contribution in [3.8, 4) is 5.75 Å². The third kappa shape index (κ3) is 3.04. The molecule has 0 aliphatic rings. The highest BCUT2D eigenvalue weighted by molar-refractivity contribution is 7.10. The van der Waals surface area contributed by atoms with Crippen LogP contribution in [0.25, 0.3) is 6.08 Å². The van der Waals surface area contributed by atoms with Crippen molar-refractivity contribution in [1.29, 1.82) is 0 Å². The Bertz CT molecular complexity index is 510. The highest BCUT2D eigenvalue weighted by atomic mass is 32.1. The number of ketones is 1. The van der Waals surface area contributed by atoms with Crippen LogP contribution < -0.4 is 4.74 Å². The van der Waals surface area contributed by atoms with Crippen LogP contribution in [0.1, 0.15) is 15.2 Å². The van der Waals surface area contributed by atoms with E-state index in [4.69, 9.17) is 4.74 Å². The minimum Gasteiger partial charge on any atom is -0.497 e. The summed E-state index contributed by atoms with van der Waals surface area (Å²) in [6, 6.07) is 11.0. The zero-order chi connectivity index (χ0) is 12.1. The second kappa shape index (κ2) is 5.46. The smallest absolute Gasteiger partial charge is 0.185 e. The van der Waals surface area contributed by atoms with Gasteiger partial charge >= 0.3 is 0 Å². The van der Waals surface area contributed by atoms with Crippen LogP contribution in [0.15, 0.2) is 47.9 Å². The number of thiophene rings is 1. The number of hydrogen-bond acceptors (Lipinski definition) is 3. The fraction of sp³-hybridized carbons (Fsp3) is 0.0714. The number of benzene rings is 1. The summed E-state index contributed by atoms with van der Waals surface area (Å²) in [7, 11) is 1.60. The molecule has 0 amide bonds. The Kier molecular flexibility index (Phi) is 3.73. The summed E-state index contributed by atoms with van der Waals surface area (Å²) in [5.74, 6) is 0.754. The van der Waals surface area contributed by atoms with Crippen molar-refractivity contribution < 1.29 is 9.53 Å². The molecule has 2 nitrogen and oxygen atoms in total. The van der Waals surface area contributed by atoms with Crippen LogP contribution in [-0.4, -0.2) is 12.9 Å². The molecule has 1 aromatic carbocycles. The number of allylic oxidation sites excluding steroid dienone is 1. The summed E-state index contributed by atoms with van der Waals surface area (Å²) in [6.45, 7) is 0. The van der Waals surface area contributed by atoms with E-state index in [9.17, 15) is 4.79 Å². The minimum absolute atomic E-state index is 0.000975. The molecular weight excluding hydrogens is 232 g/mol. The molecule has 0 N–H and O–H groups in total. The van der Waals surface area contributed by atoms with Crippen molar-refractivity contribution in [1.82, 2.24) is 0 Å². The van der Waals surface area contributed by atoms with Gasteiger partial charge in [0, 0.05) is 10.4 Å². The fourth-order valence-electron chi connectivity index (χ4n) is 1.40. The average Bonchev–Trinajstić information content (AvgIpc) is 2.89. The summed E-state index contributed by atoms with van der Waals surface area (Å²) in [6.07, 6.45) is 3.42. The van der Waals surface area contributed by atoms with Crippen LogP contribution in [0.5, 0.6) is 5.75 Å². The summed E-state index contributed by atoms with van der Waals surface area (Å²) < 4.78 is 5.04. The third-order valence-electron chi connectivity index (χ3n) is 2.32. The SMILES string of the molecule is COc1ccc(C(=O)/C=C\c2cccs2)cc1. The van der Waals surface area contributed by atoms with Crippen molar-refractivity contribution in [2.24, 2.45) is 0 Å². The zero-order valence-electron chi connectivity index (χ0n) is 9.42. The topological polar surface area (TPSA) is 26.3 Å². The van der Waals surface area contributed by atoms with E-state index in [1.807, 2.05) is 23.6 Å². The van der Waals surface area contributed by atoms with Crippen molar-refractivity contribution in [3.63, 3.8) is 0 Å². The molecule has 0 fully saturated rings. The molecule has 0 spiro atoms. The van der Waals surface area contributed by atoms with E-state index in [2.05, 4.69) is 0 Å². The summed E-state index contributed by atoms with van der Waals surface area (Å²) in [5.41, 5.74) is 0.665. The van der Waals surface area contributed by atoms with E-state index in [1.165, 1.54) is 0 Å². The first-order valence-electron chi connectivity index (χ1n) is 5.19. The van der Waals surface area contributed by atoms with Crippen molar-refractivity contribution in [2.75, 3.05) is 7.11 Å². The van der Waals surface area contributed by atoms with Gasteiger partial charge in [0.25, 0.3) is 0 Å². The largest absolute Gasteiger partial charge is 0.497 e. The maximum atomic E-state index is 11.8. The number of carbonyl (C=O) groups excluding carboxylic acids is 1. The van der Waals surface area contributed by atoms with Gasteiger partial charge in [0.2, 0.25) is 0 Å². The number of carbonyl (C=O) groups is 1. The Morgan fingerprint density at radius 2 is 2.00 bits per heavy atom. The molecule has 2 rings (SSSR count). The molecule has 0 unspecified atom stereocenters. The molecule has 86 valence electrons. The molecule has 0 aliphatic heterocycles. The quantitative estimate of drug-likeness (QED) is 0.606. The fourth-order valence-corrected chi connectivity index (χ4v) is 2.01. The van der Waals surface area contributed by atoms with Gasteiger partial charge in [-0.3, -0.25) is 4.79 Å². The molecule has 17 heavy (non-hydrogen) atoms. The Labute approximate surface area is 104 Å². The molecule has 0 atom stereocenters. The molecule has 1 heterocycles. The highest BCUT2D eigenvalue weighted by Gasteiger charge is 2.01. The first kappa shape index (κ1) is 11.6. The predicted octanol–water partition coefficient (Wildman–Crippen LogP) is 3.65. The van der Waals surface area contributed by atoms with Crippen molar-refractivity contribution in [2.45, 2.75) is 0 Å². The van der Waals surface area contributed by atoms with Crippen molar-refractivity contribution >= 4 is 23.2 Å².